The molecule has 0 aliphatic carbocycles. The molecule has 7 heteroatoms. The van der Waals surface area contributed by atoms with E-state index in [1.165, 1.54) is 6.07 Å². The summed E-state index contributed by atoms with van der Waals surface area (Å²) in [6, 6.07) is 6.28. The van der Waals surface area contributed by atoms with Gasteiger partial charge in [-0.3, -0.25) is 5.43 Å². The number of nitrogens with zero attached hydrogens (tertiary/aromatic N) is 2. The minimum atomic E-state index is -0.819. The zero-order chi connectivity index (χ0) is 12.8. The number of carbonyl (C=O) groups excluding carboxylic acids is 1. The molecular weight excluding hydrogens is 265 g/mol. The summed E-state index contributed by atoms with van der Waals surface area (Å²) in [6.45, 7) is 0. The van der Waals surface area contributed by atoms with Gasteiger partial charge < -0.3 is 4.74 Å². The number of benzene rings is 1. The highest BCUT2D eigenvalue weighted by Gasteiger charge is 2.10. The lowest BCUT2D eigenvalue weighted by molar-refractivity contribution is -0.132. The Bertz CT molecular complexity index is 509. The van der Waals surface area contributed by atoms with Crippen molar-refractivity contribution < 1.29 is 9.53 Å². The monoisotopic (exact) mass is 271 g/mol. The average Bonchev–Trinajstić information content (AvgIpc) is 2.33. The van der Waals surface area contributed by atoms with Gasteiger partial charge in [0.15, 0.2) is 0 Å². The quantitative estimate of drug-likeness (QED) is 0.521. The Morgan fingerprint density at radius 2 is 2.18 bits per heavy atom. The van der Waals surface area contributed by atoms with Gasteiger partial charge in [-0.2, -0.15) is 10.4 Å². The number of ether oxygens (including phenoxy) is 1. The maximum atomic E-state index is 11.0. The van der Waals surface area contributed by atoms with Crippen LogP contribution in [0.4, 0.5) is 5.69 Å². The van der Waals surface area contributed by atoms with Crippen molar-refractivity contribution >= 4 is 40.6 Å². The van der Waals surface area contributed by atoms with Crippen LogP contribution in [0.3, 0.4) is 0 Å². The molecule has 0 bridgehead atoms. The van der Waals surface area contributed by atoms with Crippen molar-refractivity contribution in [1.82, 2.24) is 0 Å². The first-order valence-corrected chi connectivity index (χ1v) is 5.11. The molecule has 0 aromatic heterocycles. The third-order valence-electron chi connectivity index (χ3n) is 1.70. The summed E-state index contributed by atoms with van der Waals surface area (Å²) in [5.74, 6) is -0.819. The van der Waals surface area contributed by atoms with Crippen LogP contribution in [-0.4, -0.2) is 18.8 Å². The first kappa shape index (κ1) is 13.3. The summed E-state index contributed by atoms with van der Waals surface area (Å²) in [4.78, 5) is 11.0. The fraction of sp³-hybridized carbons (Fsp3) is 0.100. The molecule has 0 saturated carbocycles. The van der Waals surface area contributed by atoms with Crippen LogP contribution < -0.4 is 5.43 Å². The first-order valence-electron chi connectivity index (χ1n) is 4.35. The van der Waals surface area contributed by atoms with E-state index in [4.69, 9.17) is 28.5 Å². The van der Waals surface area contributed by atoms with E-state index in [1.807, 2.05) is 0 Å². The number of rotatable bonds is 3. The highest BCUT2D eigenvalue weighted by molar-refractivity contribution is 6.43. The molecule has 17 heavy (non-hydrogen) atoms. The Hall–Kier alpha value is -1.77. The number of nitrogens with one attached hydrogen (secondary N) is 1. The molecule has 0 amide bonds. The first-order chi connectivity index (χ1) is 8.08. The number of hydrazone groups is 1. The highest BCUT2D eigenvalue weighted by Crippen LogP contribution is 2.24. The van der Waals surface area contributed by atoms with Crippen molar-refractivity contribution in [3.05, 3.63) is 28.2 Å². The Kier molecular flexibility index (Phi) is 4.76. The summed E-state index contributed by atoms with van der Waals surface area (Å²) in [7, 11) is 1.16. The van der Waals surface area contributed by atoms with E-state index in [2.05, 4.69) is 15.3 Å². The van der Waals surface area contributed by atoms with Gasteiger partial charge in [-0.15, -0.1) is 0 Å². The fourth-order valence-corrected chi connectivity index (χ4v) is 1.20. The molecule has 1 rings (SSSR count). The minimum absolute atomic E-state index is 0.337. The molecule has 0 unspecified atom stereocenters. The lowest BCUT2D eigenvalue weighted by Gasteiger charge is -2.02. The third kappa shape index (κ3) is 3.63. The van der Waals surface area contributed by atoms with Crippen molar-refractivity contribution in [3.8, 4) is 6.07 Å². The number of carbonyl (C=O) groups is 1. The van der Waals surface area contributed by atoms with E-state index >= 15 is 0 Å². The number of hydrogen-bond acceptors (Lipinski definition) is 5. The van der Waals surface area contributed by atoms with Gasteiger partial charge in [0, 0.05) is 0 Å². The summed E-state index contributed by atoms with van der Waals surface area (Å²) in [5.41, 5.74) is 2.61. The number of nitriles is 1. The molecule has 0 radical (unpaired) electrons. The number of esters is 1. The predicted molar refractivity (Wildman–Crippen MR) is 65.1 cm³/mol. The van der Waals surface area contributed by atoms with Crippen molar-refractivity contribution in [2.24, 2.45) is 5.10 Å². The van der Waals surface area contributed by atoms with E-state index in [0.717, 1.165) is 7.11 Å². The minimum Gasteiger partial charge on any atom is -0.464 e. The van der Waals surface area contributed by atoms with Crippen LogP contribution in [0.1, 0.15) is 0 Å². The van der Waals surface area contributed by atoms with Gasteiger partial charge in [0.05, 0.1) is 22.8 Å². The smallest absolute Gasteiger partial charge is 0.369 e. The largest absolute Gasteiger partial charge is 0.464 e. The lowest BCUT2D eigenvalue weighted by Crippen LogP contribution is -2.15. The Morgan fingerprint density at radius 1 is 1.47 bits per heavy atom. The van der Waals surface area contributed by atoms with Crippen molar-refractivity contribution in [3.63, 3.8) is 0 Å². The highest BCUT2D eigenvalue weighted by atomic mass is 35.5. The normalized spacial score (nSPS) is 10.6. The van der Waals surface area contributed by atoms with Gasteiger partial charge in [-0.25, -0.2) is 4.79 Å². The molecule has 0 saturated heterocycles. The van der Waals surface area contributed by atoms with Gasteiger partial charge in [0.2, 0.25) is 5.71 Å². The molecule has 1 N–H and O–H groups in total. The topological polar surface area (TPSA) is 74.5 Å². The van der Waals surface area contributed by atoms with Crippen LogP contribution in [0.2, 0.25) is 10.0 Å². The van der Waals surface area contributed by atoms with Crippen LogP contribution in [0.15, 0.2) is 23.3 Å². The van der Waals surface area contributed by atoms with Crippen LogP contribution in [0.25, 0.3) is 0 Å². The van der Waals surface area contributed by atoms with E-state index in [1.54, 1.807) is 18.2 Å². The molecule has 0 aliphatic heterocycles. The second kappa shape index (κ2) is 6.09. The van der Waals surface area contributed by atoms with Gasteiger partial charge in [0.25, 0.3) is 0 Å². The Balaban J connectivity index is 2.85. The second-order valence-electron chi connectivity index (χ2n) is 2.80. The number of hydrogen-bond donors (Lipinski definition) is 1. The number of halogens is 2. The zero-order valence-electron chi connectivity index (χ0n) is 8.70. The number of methoxy groups -OCH3 is 1. The molecule has 0 atom stereocenters. The summed E-state index contributed by atoms with van der Waals surface area (Å²) < 4.78 is 4.36. The molecule has 5 nitrogen and oxygen atoms in total. The summed E-state index contributed by atoms with van der Waals surface area (Å²) in [5, 5.41) is 13.0. The van der Waals surface area contributed by atoms with Gasteiger partial charge in [-0.05, 0) is 18.2 Å². The zero-order valence-corrected chi connectivity index (χ0v) is 10.2. The molecule has 0 fully saturated rings. The van der Waals surface area contributed by atoms with Gasteiger partial charge in [-0.1, -0.05) is 23.2 Å². The molecule has 88 valence electrons. The van der Waals surface area contributed by atoms with Crippen molar-refractivity contribution in [2.75, 3.05) is 12.5 Å². The molecule has 1 aromatic carbocycles. The molecule has 0 aliphatic rings. The molecular formula is C10H7Cl2N3O2. The SMILES string of the molecule is COC(=O)C(C#N)=NNc1ccc(Cl)c(Cl)c1. The van der Waals surface area contributed by atoms with Crippen LogP contribution in [0.5, 0.6) is 0 Å². The Morgan fingerprint density at radius 3 is 2.71 bits per heavy atom. The standard InChI is InChI=1S/C10H7Cl2N3O2/c1-17-10(16)9(5-13)15-14-6-2-3-7(11)8(12)4-6/h2-4,14H,1H3. The lowest BCUT2D eigenvalue weighted by atomic mass is 10.3. The maximum absolute atomic E-state index is 11.0. The van der Waals surface area contributed by atoms with E-state index in [0.29, 0.717) is 15.7 Å². The summed E-state index contributed by atoms with van der Waals surface area (Å²) >= 11 is 11.5. The average molecular weight is 272 g/mol. The van der Waals surface area contributed by atoms with E-state index in [-0.39, 0.29) is 0 Å². The van der Waals surface area contributed by atoms with Crippen LogP contribution in [0, 0.1) is 11.3 Å². The van der Waals surface area contributed by atoms with Gasteiger partial charge in [0.1, 0.15) is 6.07 Å². The molecule has 1 aromatic rings. The third-order valence-corrected chi connectivity index (χ3v) is 2.44. The number of anilines is 1. The van der Waals surface area contributed by atoms with Gasteiger partial charge >= 0.3 is 5.97 Å². The fourth-order valence-electron chi connectivity index (χ4n) is 0.899. The maximum Gasteiger partial charge on any atom is 0.369 e. The van der Waals surface area contributed by atoms with Crippen LogP contribution in [-0.2, 0) is 9.53 Å². The van der Waals surface area contributed by atoms with E-state index in [9.17, 15) is 4.79 Å². The predicted octanol–water partition coefficient (Wildman–Crippen LogP) is 2.46. The van der Waals surface area contributed by atoms with Crippen molar-refractivity contribution in [1.29, 1.82) is 5.26 Å². The summed E-state index contributed by atoms with van der Waals surface area (Å²) in [6.07, 6.45) is 0. The molecule has 0 spiro atoms. The van der Waals surface area contributed by atoms with Crippen molar-refractivity contribution in [2.45, 2.75) is 0 Å². The van der Waals surface area contributed by atoms with E-state index < -0.39 is 11.7 Å². The second-order valence-corrected chi connectivity index (χ2v) is 3.62. The molecule has 0 heterocycles. The Labute approximate surface area is 108 Å². The van der Waals surface area contributed by atoms with Crippen LogP contribution >= 0.6 is 23.2 Å².